The topological polar surface area (TPSA) is 105 Å². The summed E-state index contributed by atoms with van der Waals surface area (Å²) in [6.07, 6.45) is 7.27. The Bertz CT molecular complexity index is 1020. The number of cyclic esters (lactones) is 1. The van der Waals surface area contributed by atoms with Gasteiger partial charge in [-0.3, -0.25) is 14.4 Å². The van der Waals surface area contributed by atoms with Crippen molar-refractivity contribution in [2.24, 2.45) is 11.8 Å². The van der Waals surface area contributed by atoms with Crippen LogP contribution in [0.3, 0.4) is 0 Å². The van der Waals surface area contributed by atoms with Crippen molar-refractivity contribution >= 4 is 17.8 Å². The van der Waals surface area contributed by atoms with Gasteiger partial charge in [-0.25, -0.2) is 0 Å². The Morgan fingerprint density at radius 3 is 2.46 bits per heavy atom. The van der Waals surface area contributed by atoms with Gasteiger partial charge in [-0.2, -0.15) is 0 Å². The largest absolute Gasteiger partial charge is 0.463 e. The number of hydrogen-bond acceptors (Lipinski definition) is 5. The highest BCUT2D eigenvalue weighted by Crippen LogP contribution is 2.22. The van der Waals surface area contributed by atoms with E-state index < -0.39 is 12.0 Å². The maximum Gasteiger partial charge on any atom is 0.309 e. The molecule has 1 heterocycles. The van der Waals surface area contributed by atoms with E-state index in [2.05, 4.69) is 10.6 Å². The molecule has 0 fully saturated rings. The molecule has 37 heavy (non-hydrogen) atoms. The molecule has 0 spiro atoms. The molecule has 0 saturated carbocycles. The van der Waals surface area contributed by atoms with Crippen LogP contribution in [0.5, 0.6) is 0 Å². The van der Waals surface area contributed by atoms with Crippen molar-refractivity contribution in [1.82, 2.24) is 10.6 Å². The second-order valence-electron chi connectivity index (χ2n) is 9.68. The van der Waals surface area contributed by atoms with Crippen molar-refractivity contribution in [3.63, 3.8) is 0 Å². The summed E-state index contributed by atoms with van der Waals surface area (Å²) in [5.41, 5.74) is 1.91. The van der Waals surface area contributed by atoms with Crippen molar-refractivity contribution in [3.8, 4) is 0 Å². The molecule has 4 atom stereocenters. The first-order valence-electron chi connectivity index (χ1n) is 13.1. The molecule has 1 aliphatic rings. The Morgan fingerprint density at radius 2 is 1.76 bits per heavy atom. The third kappa shape index (κ3) is 9.50. The molecule has 3 rings (SSSR count). The summed E-state index contributed by atoms with van der Waals surface area (Å²) in [5, 5.41) is 15.0. The van der Waals surface area contributed by atoms with E-state index in [0.29, 0.717) is 19.3 Å². The normalized spacial score (nSPS) is 22.3. The van der Waals surface area contributed by atoms with E-state index in [1.807, 2.05) is 72.8 Å². The Hall–Kier alpha value is -3.45. The molecule has 3 N–H and O–H groups in total. The van der Waals surface area contributed by atoms with E-state index >= 15 is 0 Å². The molecule has 2 aromatic carbocycles. The number of allylic oxidation sites excluding steroid dienone is 2. The van der Waals surface area contributed by atoms with Gasteiger partial charge in [-0.1, -0.05) is 72.8 Å². The first-order chi connectivity index (χ1) is 18.0. The Kier molecular flexibility index (Phi) is 11.4. The van der Waals surface area contributed by atoms with Crippen LogP contribution in [-0.2, 0) is 25.5 Å². The number of amides is 2. The predicted octanol–water partition coefficient (Wildman–Crippen LogP) is 3.88. The van der Waals surface area contributed by atoms with Gasteiger partial charge in [-0.15, -0.1) is 0 Å². The van der Waals surface area contributed by atoms with Crippen LogP contribution in [0.15, 0.2) is 72.8 Å². The zero-order valence-electron chi connectivity index (χ0n) is 21.5. The smallest absolute Gasteiger partial charge is 0.309 e. The molecule has 0 radical (unpaired) electrons. The highest BCUT2D eigenvalue weighted by molar-refractivity contribution is 5.86. The van der Waals surface area contributed by atoms with Gasteiger partial charge in [-0.05, 0) is 50.2 Å². The minimum atomic E-state index is -0.585. The molecule has 1 aliphatic heterocycles. The molecule has 2 aromatic rings. The Labute approximate surface area is 219 Å². The van der Waals surface area contributed by atoms with E-state index in [-0.39, 0.29) is 49.4 Å². The monoisotopic (exact) mass is 506 g/mol. The molecular weight excluding hydrogens is 468 g/mol. The van der Waals surface area contributed by atoms with Crippen LogP contribution in [-0.4, -0.2) is 42.1 Å². The number of ether oxygens (including phenoxy) is 1. The zero-order valence-corrected chi connectivity index (χ0v) is 21.5. The number of rotatable bonds is 7. The molecule has 0 bridgehead atoms. The maximum absolute atomic E-state index is 13.3. The SMILES string of the molecule is C[C@H](CO)NC(=O)C[C@H]1CC=CCCC[C@H](Cc2ccccc2)C(=O)OC[C@@H](c2ccccc2)NC1=O. The van der Waals surface area contributed by atoms with Crippen molar-refractivity contribution in [2.45, 2.75) is 57.5 Å². The summed E-state index contributed by atoms with van der Waals surface area (Å²) >= 11 is 0. The fourth-order valence-electron chi connectivity index (χ4n) is 4.43. The summed E-state index contributed by atoms with van der Waals surface area (Å²) in [6, 6.07) is 18.4. The van der Waals surface area contributed by atoms with Gasteiger partial charge in [0.25, 0.3) is 0 Å². The van der Waals surface area contributed by atoms with Crippen LogP contribution in [0, 0.1) is 11.8 Å². The zero-order chi connectivity index (χ0) is 26.5. The van der Waals surface area contributed by atoms with Gasteiger partial charge in [0.05, 0.1) is 24.5 Å². The number of hydrogen-bond donors (Lipinski definition) is 3. The first kappa shape index (κ1) is 28.1. The van der Waals surface area contributed by atoms with E-state index in [1.165, 1.54) is 0 Å². The predicted molar refractivity (Wildman–Crippen MR) is 142 cm³/mol. The number of aliphatic hydroxyl groups is 1. The lowest BCUT2D eigenvalue weighted by atomic mass is 9.93. The summed E-state index contributed by atoms with van der Waals surface area (Å²) in [6.45, 7) is 1.54. The highest BCUT2D eigenvalue weighted by Gasteiger charge is 2.27. The lowest BCUT2D eigenvalue weighted by Gasteiger charge is -2.24. The molecule has 7 nitrogen and oxygen atoms in total. The lowest BCUT2D eigenvalue weighted by Crippen LogP contribution is -2.41. The molecule has 0 saturated heterocycles. The third-order valence-corrected chi connectivity index (χ3v) is 6.56. The van der Waals surface area contributed by atoms with Gasteiger partial charge >= 0.3 is 5.97 Å². The number of benzene rings is 2. The number of carbonyl (C=O) groups is 3. The van der Waals surface area contributed by atoms with Crippen LogP contribution in [0.4, 0.5) is 0 Å². The van der Waals surface area contributed by atoms with Gasteiger partial charge in [0, 0.05) is 12.5 Å². The second kappa shape index (κ2) is 15.0. The van der Waals surface area contributed by atoms with Crippen LogP contribution >= 0.6 is 0 Å². The van der Waals surface area contributed by atoms with Gasteiger partial charge in [0.1, 0.15) is 6.61 Å². The average molecular weight is 507 g/mol. The quantitative estimate of drug-likeness (QED) is 0.391. The van der Waals surface area contributed by atoms with Gasteiger partial charge in [0.2, 0.25) is 11.8 Å². The van der Waals surface area contributed by atoms with Crippen LogP contribution in [0.2, 0.25) is 0 Å². The second-order valence-corrected chi connectivity index (χ2v) is 9.68. The van der Waals surface area contributed by atoms with Crippen LogP contribution in [0.25, 0.3) is 0 Å². The molecular formula is C30H38N2O5. The average Bonchev–Trinajstić information content (AvgIpc) is 2.91. The van der Waals surface area contributed by atoms with Gasteiger partial charge in [0.15, 0.2) is 0 Å². The summed E-state index contributed by atoms with van der Waals surface area (Å²) in [5.74, 6) is -1.69. The van der Waals surface area contributed by atoms with Gasteiger partial charge < -0.3 is 20.5 Å². The van der Waals surface area contributed by atoms with Crippen molar-refractivity contribution in [1.29, 1.82) is 0 Å². The highest BCUT2D eigenvalue weighted by atomic mass is 16.5. The first-order valence-corrected chi connectivity index (χ1v) is 13.1. The fourth-order valence-corrected chi connectivity index (χ4v) is 4.43. The molecule has 0 aromatic heterocycles. The number of carbonyl (C=O) groups excluding carboxylic acids is 3. The molecule has 0 aliphatic carbocycles. The Morgan fingerprint density at radius 1 is 1.05 bits per heavy atom. The minimum absolute atomic E-state index is 0.000953. The van der Waals surface area contributed by atoms with Crippen molar-refractivity contribution in [3.05, 3.63) is 83.9 Å². The van der Waals surface area contributed by atoms with Crippen molar-refractivity contribution < 1.29 is 24.2 Å². The summed E-state index contributed by atoms with van der Waals surface area (Å²) in [7, 11) is 0. The molecule has 198 valence electrons. The van der Waals surface area contributed by atoms with E-state index in [4.69, 9.17) is 4.74 Å². The fraction of sp³-hybridized carbons (Fsp3) is 0.433. The van der Waals surface area contributed by atoms with E-state index in [1.54, 1.807) is 6.92 Å². The summed E-state index contributed by atoms with van der Waals surface area (Å²) < 4.78 is 5.79. The van der Waals surface area contributed by atoms with Crippen LogP contribution < -0.4 is 10.6 Å². The third-order valence-electron chi connectivity index (χ3n) is 6.56. The summed E-state index contributed by atoms with van der Waals surface area (Å²) in [4.78, 5) is 39.0. The minimum Gasteiger partial charge on any atom is -0.463 e. The Balaban J connectivity index is 1.79. The van der Waals surface area contributed by atoms with Crippen LogP contribution in [0.1, 0.15) is 56.2 Å². The molecule has 0 unspecified atom stereocenters. The standard InChI is InChI=1S/C30H38N2O5/c1-22(20-33)31-28(34)19-25-16-8-2-3-9-17-26(18-23-12-6-4-7-13-23)30(36)37-21-27(32-29(25)35)24-14-10-5-11-15-24/h2,4-8,10-15,22,25-27,33H,3,9,16-21H2,1H3,(H,31,34)(H,32,35)/t22-,25-,26-,27+/m1/s1. The maximum atomic E-state index is 13.3. The number of esters is 1. The molecule has 7 heteroatoms. The number of nitrogens with one attached hydrogen (secondary N) is 2. The van der Waals surface area contributed by atoms with E-state index in [0.717, 1.165) is 24.0 Å². The lowest BCUT2D eigenvalue weighted by molar-refractivity contribution is -0.150. The van der Waals surface area contributed by atoms with Crippen molar-refractivity contribution in [2.75, 3.05) is 13.2 Å². The van der Waals surface area contributed by atoms with E-state index in [9.17, 15) is 19.5 Å². The number of aliphatic hydroxyl groups excluding tert-OH is 1. The molecule has 2 amide bonds.